The Morgan fingerprint density at radius 1 is 1.30 bits per heavy atom. The number of amides is 1. The molecular weight excluding hydrogens is 358 g/mol. The number of hydrogen-bond donors (Lipinski definition) is 3. The van der Waals surface area contributed by atoms with E-state index in [0.717, 1.165) is 25.5 Å². The van der Waals surface area contributed by atoms with Gasteiger partial charge in [-0.3, -0.25) is 4.79 Å². The lowest BCUT2D eigenvalue weighted by Crippen LogP contribution is -2.25. The van der Waals surface area contributed by atoms with Crippen molar-refractivity contribution in [1.82, 2.24) is 5.32 Å². The summed E-state index contributed by atoms with van der Waals surface area (Å²) in [6.45, 7) is 1.66. The summed E-state index contributed by atoms with van der Waals surface area (Å²) in [5.74, 6) is -3.62. The van der Waals surface area contributed by atoms with Crippen LogP contribution in [-0.2, 0) is 11.3 Å². The number of carbonyl (C=O) groups is 1. The van der Waals surface area contributed by atoms with Gasteiger partial charge in [-0.15, -0.1) is 0 Å². The van der Waals surface area contributed by atoms with E-state index in [4.69, 9.17) is 15.2 Å². The quantitative estimate of drug-likeness (QED) is 0.689. The van der Waals surface area contributed by atoms with Gasteiger partial charge >= 0.3 is 0 Å². The number of halogens is 2. The molecule has 0 bridgehead atoms. The van der Waals surface area contributed by atoms with Crippen LogP contribution < -0.4 is 15.8 Å². The van der Waals surface area contributed by atoms with E-state index in [0.29, 0.717) is 18.7 Å². The second-order valence-corrected chi connectivity index (χ2v) is 6.30. The molecule has 2 aromatic rings. The van der Waals surface area contributed by atoms with Crippen molar-refractivity contribution in [1.29, 1.82) is 0 Å². The average Bonchev–Trinajstić information content (AvgIpc) is 3.11. The Hall–Kier alpha value is -2.71. The van der Waals surface area contributed by atoms with Gasteiger partial charge in [0.15, 0.2) is 17.4 Å². The molecule has 1 atom stereocenters. The summed E-state index contributed by atoms with van der Waals surface area (Å²) in [5, 5.41) is 12.8. The topological polar surface area (TPSA) is 93.8 Å². The molecule has 1 aliphatic heterocycles. The molecule has 1 aliphatic rings. The second kappa shape index (κ2) is 8.32. The molecule has 1 heterocycles. The van der Waals surface area contributed by atoms with Crippen LogP contribution in [0.15, 0.2) is 30.3 Å². The van der Waals surface area contributed by atoms with Crippen molar-refractivity contribution in [3.63, 3.8) is 0 Å². The maximum absolute atomic E-state index is 14.3. The maximum Gasteiger partial charge on any atom is 0.252 e. The number of carbonyl (C=O) groups excluding carboxylic acids is 1. The van der Waals surface area contributed by atoms with Gasteiger partial charge in [0.1, 0.15) is 11.5 Å². The molecule has 0 spiro atoms. The summed E-state index contributed by atoms with van der Waals surface area (Å²) in [7, 11) is 0. The smallest absolute Gasteiger partial charge is 0.252 e. The summed E-state index contributed by atoms with van der Waals surface area (Å²) in [4.78, 5) is 11.1. The number of hydrogen-bond acceptors (Lipinski definition) is 5. The number of nitrogens with one attached hydrogen (secondary N) is 1. The summed E-state index contributed by atoms with van der Waals surface area (Å²) < 4.78 is 39.2. The Morgan fingerprint density at radius 3 is 2.63 bits per heavy atom. The van der Waals surface area contributed by atoms with Crippen molar-refractivity contribution in [3.8, 4) is 17.2 Å². The first-order valence-electron chi connectivity index (χ1n) is 8.55. The molecular formula is C19H20F2N2O4. The monoisotopic (exact) mass is 378 g/mol. The first kappa shape index (κ1) is 19.1. The molecule has 1 fully saturated rings. The van der Waals surface area contributed by atoms with E-state index in [-0.39, 0.29) is 17.4 Å². The van der Waals surface area contributed by atoms with Gasteiger partial charge in [-0.1, -0.05) is 0 Å². The van der Waals surface area contributed by atoms with Gasteiger partial charge in [-0.05, 0) is 42.7 Å². The predicted octanol–water partition coefficient (Wildman–Crippen LogP) is 2.83. The van der Waals surface area contributed by atoms with E-state index in [2.05, 4.69) is 5.32 Å². The Labute approximate surface area is 154 Å². The third-order valence-corrected chi connectivity index (χ3v) is 4.24. The van der Waals surface area contributed by atoms with Gasteiger partial charge in [-0.2, -0.15) is 0 Å². The van der Waals surface area contributed by atoms with Crippen LogP contribution >= 0.6 is 0 Å². The van der Waals surface area contributed by atoms with Crippen LogP contribution in [0.4, 0.5) is 8.78 Å². The molecule has 144 valence electrons. The molecule has 6 nitrogen and oxygen atoms in total. The molecule has 8 heteroatoms. The number of nitrogens with two attached hydrogens (primary N) is 1. The molecule has 3 rings (SSSR count). The van der Waals surface area contributed by atoms with Crippen molar-refractivity contribution >= 4 is 5.91 Å². The van der Waals surface area contributed by atoms with Crippen molar-refractivity contribution < 1.29 is 28.2 Å². The van der Waals surface area contributed by atoms with Gasteiger partial charge in [-0.25, -0.2) is 8.78 Å². The first-order valence-corrected chi connectivity index (χ1v) is 8.55. The molecule has 1 amide bonds. The molecule has 1 saturated heterocycles. The fourth-order valence-corrected chi connectivity index (χ4v) is 2.90. The summed E-state index contributed by atoms with van der Waals surface area (Å²) in [6, 6.07) is 5.93. The van der Waals surface area contributed by atoms with E-state index >= 15 is 0 Å². The lowest BCUT2D eigenvalue weighted by Gasteiger charge is -2.13. The Kier molecular flexibility index (Phi) is 5.88. The number of benzene rings is 2. The lowest BCUT2D eigenvalue weighted by molar-refractivity contribution is 0.0997. The minimum atomic E-state index is -0.873. The molecule has 0 radical (unpaired) electrons. The van der Waals surface area contributed by atoms with Crippen LogP contribution in [0.25, 0.3) is 0 Å². The van der Waals surface area contributed by atoms with Crippen molar-refractivity contribution in [2.75, 3.05) is 13.2 Å². The summed E-state index contributed by atoms with van der Waals surface area (Å²) in [5.41, 5.74) is 5.41. The van der Waals surface area contributed by atoms with Crippen LogP contribution in [0.1, 0.15) is 28.8 Å². The van der Waals surface area contributed by atoms with Crippen molar-refractivity contribution in [2.24, 2.45) is 5.73 Å². The van der Waals surface area contributed by atoms with Crippen molar-refractivity contribution in [3.05, 3.63) is 53.1 Å². The van der Waals surface area contributed by atoms with E-state index in [1.54, 1.807) is 0 Å². The molecule has 0 aliphatic carbocycles. The first-order chi connectivity index (χ1) is 12.9. The minimum Gasteiger partial charge on any atom is -0.507 e. The van der Waals surface area contributed by atoms with E-state index in [1.165, 1.54) is 24.3 Å². The van der Waals surface area contributed by atoms with E-state index in [1.807, 2.05) is 0 Å². The molecule has 0 saturated carbocycles. The number of aromatic hydroxyl groups is 1. The zero-order chi connectivity index (χ0) is 19.4. The van der Waals surface area contributed by atoms with E-state index < -0.39 is 29.0 Å². The fraction of sp³-hybridized carbons (Fsp3) is 0.316. The molecule has 4 N–H and O–H groups in total. The third-order valence-electron chi connectivity index (χ3n) is 4.24. The summed E-state index contributed by atoms with van der Waals surface area (Å²) >= 11 is 0. The minimum absolute atomic E-state index is 0.0282. The van der Waals surface area contributed by atoms with Gasteiger partial charge in [0.2, 0.25) is 0 Å². The molecule has 2 aromatic carbocycles. The van der Waals surface area contributed by atoms with Crippen LogP contribution in [0.5, 0.6) is 17.2 Å². The molecule has 1 unspecified atom stereocenters. The van der Waals surface area contributed by atoms with Gasteiger partial charge in [0, 0.05) is 25.8 Å². The highest BCUT2D eigenvalue weighted by atomic mass is 19.1. The lowest BCUT2D eigenvalue weighted by atomic mass is 10.1. The maximum atomic E-state index is 14.3. The number of rotatable bonds is 7. The van der Waals surface area contributed by atoms with Crippen LogP contribution in [0.3, 0.4) is 0 Å². The number of ether oxygens (including phenoxy) is 2. The zero-order valence-electron chi connectivity index (χ0n) is 14.5. The fourth-order valence-electron chi connectivity index (χ4n) is 2.90. The number of primary amides is 1. The van der Waals surface area contributed by atoms with Gasteiger partial charge in [0.25, 0.3) is 5.91 Å². The predicted molar refractivity (Wildman–Crippen MR) is 93.7 cm³/mol. The SMILES string of the molecule is NC(=O)c1ccc(Oc2c(F)cc(CNCC3CCCO3)cc2F)cc1O. The summed E-state index contributed by atoms with van der Waals surface area (Å²) in [6.07, 6.45) is 2.14. The molecule has 27 heavy (non-hydrogen) atoms. The highest BCUT2D eigenvalue weighted by Gasteiger charge is 2.17. The van der Waals surface area contributed by atoms with Crippen molar-refractivity contribution in [2.45, 2.75) is 25.5 Å². The Balaban J connectivity index is 1.67. The normalized spacial score (nSPS) is 16.4. The average molecular weight is 378 g/mol. The highest BCUT2D eigenvalue weighted by Crippen LogP contribution is 2.31. The van der Waals surface area contributed by atoms with E-state index in [9.17, 15) is 18.7 Å². The standard InChI is InChI=1S/C19H20F2N2O4/c20-15-6-11(9-23-10-13-2-1-5-26-13)7-16(21)18(15)27-12-3-4-14(19(22)25)17(24)8-12/h3-4,6-8,13,23-24H,1-2,5,9-10H2,(H2,22,25). The Bertz CT molecular complexity index is 815. The van der Waals surface area contributed by atoms with Gasteiger partial charge in [0.05, 0.1) is 11.7 Å². The molecule has 0 aromatic heterocycles. The Morgan fingerprint density at radius 2 is 2.04 bits per heavy atom. The second-order valence-electron chi connectivity index (χ2n) is 6.30. The number of phenols is 1. The van der Waals surface area contributed by atoms with Gasteiger partial charge < -0.3 is 25.6 Å². The van der Waals surface area contributed by atoms with Crippen LogP contribution in [-0.4, -0.2) is 30.3 Å². The largest absolute Gasteiger partial charge is 0.507 e. The van der Waals surface area contributed by atoms with Crippen LogP contribution in [0.2, 0.25) is 0 Å². The zero-order valence-corrected chi connectivity index (χ0v) is 14.5. The highest BCUT2D eigenvalue weighted by molar-refractivity contribution is 5.95. The van der Waals surface area contributed by atoms with Crippen LogP contribution in [0, 0.1) is 11.6 Å². The third kappa shape index (κ3) is 4.72.